The van der Waals surface area contributed by atoms with Crippen LogP contribution in [0, 0.1) is 5.92 Å². The van der Waals surface area contributed by atoms with Crippen LogP contribution in [-0.4, -0.2) is 24.0 Å². The van der Waals surface area contributed by atoms with Gasteiger partial charge in [-0.2, -0.15) is 8.78 Å². The van der Waals surface area contributed by atoms with Crippen molar-refractivity contribution >= 4 is 5.97 Å². The van der Waals surface area contributed by atoms with E-state index in [4.69, 9.17) is 9.84 Å². The minimum atomic E-state index is -2.88. The zero-order valence-corrected chi connectivity index (χ0v) is 9.38. The molecule has 1 unspecified atom stereocenters. The van der Waals surface area contributed by atoms with Crippen LogP contribution in [0.3, 0.4) is 0 Å². The van der Waals surface area contributed by atoms with Crippen molar-refractivity contribution in [2.45, 2.75) is 25.7 Å². The highest BCUT2D eigenvalue weighted by Crippen LogP contribution is 2.36. The number of ether oxygens (including phenoxy) is 2. The highest BCUT2D eigenvalue weighted by Gasteiger charge is 2.35. The van der Waals surface area contributed by atoms with Gasteiger partial charge in [-0.25, -0.2) is 4.79 Å². The Kier molecular flexibility index (Phi) is 3.76. The van der Waals surface area contributed by atoms with Crippen molar-refractivity contribution < 1.29 is 28.2 Å². The smallest absolute Gasteiger partial charge is 0.348 e. The van der Waals surface area contributed by atoms with Crippen LogP contribution < -0.4 is 4.74 Å². The maximum Gasteiger partial charge on any atom is 0.348 e. The molecule has 1 aliphatic carbocycles. The van der Waals surface area contributed by atoms with E-state index in [0.29, 0.717) is 5.75 Å². The quantitative estimate of drug-likeness (QED) is 0.797. The third-order valence-corrected chi connectivity index (χ3v) is 2.60. The molecule has 1 atom stereocenters. The molecule has 0 saturated heterocycles. The molecule has 98 valence electrons. The Morgan fingerprint density at radius 2 is 1.89 bits per heavy atom. The molecule has 1 N–H and O–H groups in total. The molecule has 2 rings (SSSR count). The van der Waals surface area contributed by atoms with Gasteiger partial charge in [-0.3, -0.25) is 4.74 Å². The second-order valence-electron chi connectivity index (χ2n) is 4.05. The van der Waals surface area contributed by atoms with Crippen molar-refractivity contribution in [2.24, 2.45) is 5.92 Å². The monoisotopic (exact) mass is 258 g/mol. The summed E-state index contributed by atoms with van der Waals surface area (Å²) in [6, 6.07) is 5.55. The van der Waals surface area contributed by atoms with Crippen molar-refractivity contribution in [1.82, 2.24) is 0 Å². The molecule has 6 heteroatoms. The lowest BCUT2D eigenvalue weighted by atomic mass is 10.2. The highest BCUT2D eigenvalue weighted by atomic mass is 19.3. The normalized spacial score (nSPS) is 16.6. The molecular weight excluding hydrogens is 246 g/mol. The van der Waals surface area contributed by atoms with Crippen LogP contribution in [0.4, 0.5) is 8.78 Å². The molecule has 4 nitrogen and oxygen atoms in total. The van der Waals surface area contributed by atoms with Crippen molar-refractivity contribution in [2.75, 3.05) is 0 Å². The van der Waals surface area contributed by atoms with Crippen LogP contribution in [0.15, 0.2) is 24.3 Å². The van der Waals surface area contributed by atoms with Crippen LogP contribution in [0.5, 0.6) is 5.75 Å². The number of carbonyl (C=O) groups is 1. The molecule has 0 aromatic heterocycles. The summed E-state index contributed by atoms with van der Waals surface area (Å²) in [5.41, 5.74) is 0.111. The van der Waals surface area contributed by atoms with E-state index in [0.717, 1.165) is 12.8 Å². The van der Waals surface area contributed by atoms with Crippen molar-refractivity contribution in [3.8, 4) is 5.75 Å². The topological polar surface area (TPSA) is 55.8 Å². The van der Waals surface area contributed by atoms with E-state index in [1.54, 1.807) is 0 Å². The summed E-state index contributed by atoms with van der Waals surface area (Å²) in [5, 5.41) is 8.71. The van der Waals surface area contributed by atoms with E-state index in [1.165, 1.54) is 24.3 Å². The number of aromatic carboxylic acids is 1. The molecule has 1 fully saturated rings. The van der Waals surface area contributed by atoms with Gasteiger partial charge < -0.3 is 9.84 Å². The minimum absolute atomic E-state index is 0.0156. The van der Waals surface area contributed by atoms with Gasteiger partial charge >= 0.3 is 12.6 Å². The van der Waals surface area contributed by atoms with Crippen molar-refractivity contribution in [1.29, 1.82) is 0 Å². The van der Waals surface area contributed by atoms with Gasteiger partial charge in [-0.15, -0.1) is 0 Å². The van der Waals surface area contributed by atoms with E-state index in [2.05, 4.69) is 4.74 Å². The fourth-order valence-corrected chi connectivity index (χ4v) is 1.52. The van der Waals surface area contributed by atoms with Crippen LogP contribution in [0.25, 0.3) is 0 Å². The predicted octanol–water partition coefficient (Wildman–Crippen LogP) is 2.74. The first-order valence-electron chi connectivity index (χ1n) is 5.50. The second kappa shape index (κ2) is 5.30. The molecule has 0 heterocycles. The Balaban J connectivity index is 1.99. The number of carboxylic acids is 1. The zero-order valence-electron chi connectivity index (χ0n) is 9.38. The number of alkyl halides is 2. The summed E-state index contributed by atoms with van der Waals surface area (Å²) in [6.07, 6.45) is 0.621. The lowest BCUT2D eigenvalue weighted by molar-refractivity contribution is -0.224. The average Bonchev–Trinajstić information content (AvgIpc) is 3.12. The van der Waals surface area contributed by atoms with E-state index in [-0.39, 0.29) is 11.5 Å². The number of halogens is 2. The number of hydrogen-bond donors (Lipinski definition) is 1. The fourth-order valence-electron chi connectivity index (χ4n) is 1.52. The van der Waals surface area contributed by atoms with E-state index in [1.807, 2.05) is 0 Å². The number of benzene rings is 1. The van der Waals surface area contributed by atoms with Gasteiger partial charge in [0.05, 0.1) is 5.56 Å². The maximum atomic E-state index is 12.2. The number of rotatable bonds is 6. The van der Waals surface area contributed by atoms with Gasteiger partial charge in [0.2, 0.25) is 6.29 Å². The lowest BCUT2D eigenvalue weighted by Gasteiger charge is -2.18. The van der Waals surface area contributed by atoms with Gasteiger partial charge in [0.1, 0.15) is 5.75 Å². The molecule has 0 bridgehead atoms. The Hall–Kier alpha value is -1.69. The molecule has 1 aromatic carbocycles. The molecule has 1 aliphatic rings. The van der Waals surface area contributed by atoms with Crippen molar-refractivity contribution in [3.05, 3.63) is 29.8 Å². The average molecular weight is 258 g/mol. The standard InChI is InChI=1S/C12H12F2O4/c13-12(14)18-11(8-1-2-8)17-9-5-3-7(4-6-9)10(15)16/h3-6,8,11-12H,1-2H2,(H,15,16). The van der Waals surface area contributed by atoms with Gasteiger partial charge in [-0.1, -0.05) is 0 Å². The zero-order chi connectivity index (χ0) is 13.1. The summed E-state index contributed by atoms with van der Waals surface area (Å²) in [7, 11) is 0. The molecule has 1 aromatic rings. The van der Waals surface area contributed by atoms with Crippen LogP contribution >= 0.6 is 0 Å². The van der Waals surface area contributed by atoms with Crippen LogP contribution in [0.2, 0.25) is 0 Å². The summed E-state index contributed by atoms with van der Waals surface area (Å²) in [5.74, 6) is -0.750. The molecule has 0 amide bonds. The molecule has 0 aliphatic heterocycles. The predicted molar refractivity (Wildman–Crippen MR) is 57.6 cm³/mol. The largest absolute Gasteiger partial charge is 0.478 e. The Morgan fingerprint density at radius 3 is 2.33 bits per heavy atom. The summed E-state index contributed by atoms with van der Waals surface area (Å²) in [4.78, 5) is 10.6. The summed E-state index contributed by atoms with van der Waals surface area (Å²) >= 11 is 0. The Bertz CT molecular complexity index is 415. The number of carboxylic acid groups (broad SMARTS) is 1. The number of hydrogen-bond acceptors (Lipinski definition) is 3. The summed E-state index contributed by atoms with van der Waals surface area (Å²) in [6.45, 7) is -2.88. The van der Waals surface area contributed by atoms with Crippen LogP contribution in [-0.2, 0) is 4.74 Å². The second-order valence-corrected chi connectivity index (χ2v) is 4.05. The van der Waals surface area contributed by atoms with Gasteiger partial charge in [0.15, 0.2) is 0 Å². The molecule has 18 heavy (non-hydrogen) atoms. The third-order valence-electron chi connectivity index (χ3n) is 2.60. The van der Waals surface area contributed by atoms with Gasteiger partial charge in [0, 0.05) is 5.92 Å². The first kappa shape index (κ1) is 12.8. The van der Waals surface area contributed by atoms with E-state index in [9.17, 15) is 13.6 Å². The van der Waals surface area contributed by atoms with Gasteiger partial charge in [-0.05, 0) is 37.1 Å². The Morgan fingerprint density at radius 1 is 1.28 bits per heavy atom. The molecule has 0 radical (unpaired) electrons. The molecular formula is C12H12F2O4. The molecule has 0 spiro atoms. The van der Waals surface area contributed by atoms with E-state index < -0.39 is 18.9 Å². The van der Waals surface area contributed by atoms with Crippen LogP contribution in [0.1, 0.15) is 23.2 Å². The SMILES string of the molecule is O=C(O)c1ccc(OC(OC(F)F)C2CC2)cc1. The molecule has 1 saturated carbocycles. The lowest BCUT2D eigenvalue weighted by Crippen LogP contribution is -2.25. The first-order valence-corrected chi connectivity index (χ1v) is 5.50. The minimum Gasteiger partial charge on any atom is -0.478 e. The van der Waals surface area contributed by atoms with Gasteiger partial charge in [0.25, 0.3) is 0 Å². The fraction of sp³-hybridized carbons (Fsp3) is 0.417. The maximum absolute atomic E-state index is 12.2. The van der Waals surface area contributed by atoms with Crippen molar-refractivity contribution in [3.63, 3.8) is 0 Å². The highest BCUT2D eigenvalue weighted by molar-refractivity contribution is 5.87. The van der Waals surface area contributed by atoms with E-state index >= 15 is 0 Å². The summed E-state index contributed by atoms with van der Waals surface area (Å²) < 4.78 is 34.0. The third kappa shape index (κ3) is 3.40. The first-order chi connectivity index (χ1) is 8.56. The Labute approximate surface area is 102 Å².